The molecule has 1 atom stereocenters. The number of nitrogens with one attached hydrogen (secondary N) is 1. The second-order valence-electron chi connectivity index (χ2n) is 7.68. The number of piperidine rings is 1. The van der Waals surface area contributed by atoms with Crippen LogP contribution in [0.15, 0.2) is 23.1 Å². The molecule has 12 heteroatoms. The summed E-state index contributed by atoms with van der Waals surface area (Å²) in [5.74, 6) is -1.57. The molecule has 1 N–H and O–H groups in total. The molecule has 0 bridgehead atoms. The molecule has 0 spiro atoms. The normalized spacial score (nSPS) is 19.6. The third-order valence-electron chi connectivity index (χ3n) is 5.25. The Hall–Kier alpha value is -1.85. The van der Waals surface area contributed by atoms with Crippen LogP contribution in [0.1, 0.15) is 38.2 Å². The smallest absolute Gasteiger partial charge is 0.417 e. The molecule has 172 valence electrons. The summed E-state index contributed by atoms with van der Waals surface area (Å²) in [5.41, 5.74) is -1.23. The van der Waals surface area contributed by atoms with Crippen LogP contribution in [-0.4, -0.2) is 49.8 Å². The molecule has 7 nitrogen and oxygen atoms in total. The molecule has 1 saturated carbocycles. The number of carbonyl (C=O) groups excluding carboxylic acids is 2. The number of sulfonamides is 1. The summed E-state index contributed by atoms with van der Waals surface area (Å²) in [6.45, 7) is 1.34. The average Bonchev–Trinajstić information content (AvgIpc) is 3.51. The highest BCUT2D eigenvalue weighted by Crippen LogP contribution is 2.37. The molecule has 1 saturated heterocycles. The lowest BCUT2D eigenvalue weighted by molar-refractivity contribution is -0.159. The van der Waals surface area contributed by atoms with Gasteiger partial charge in [-0.25, -0.2) is 8.42 Å². The molecule has 3 rings (SSSR count). The van der Waals surface area contributed by atoms with Gasteiger partial charge in [-0.3, -0.25) is 9.59 Å². The van der Waals surface area contributed by atoms with Crippen molar-refractivity contribution in [3.8, 4) is 0 Å². The lowest BCUT2D eigenvalue weighted by Gasteiger charge is -2.30. The zero-order valence-corrected chi connectivity index (χ0v) is 18.2. The number of esters is 1. The minimum Gasteiger partial charge on any atom is -0.452 e. The van der Waals surface area contributed by atoms with Gasteiger partial charge in [-0.1, -0.05) is 11.6 Å². The van der Waals surface area contributed by atoms with Gasteiger partial charge in [-0.15, -0.1) is 0 Å². The number of benzene rings is 1. The maximum atomic E-state index is 13.1. The largest absolute Gasteiger partial charge is 0.452 e. The van der Waals surface area contributed by atoms with Gasteiger partial charge in [-0.2, -0.15) is 17.5 Å². The minimum absolute atomic E-state index is 0.0608. The molecule has 1 aromatic carbocycles. The highest BCUT2D eigenvalue weighted by Gasteiger charge is 2.37. The predicted octanol–water partition coefficient (Wildman–Crippen LogP) is 2.97. The van der Waals surface area contributed by atoms with Crippen molar-refractivity contribution in [3.63, 3.8) is 0 Å². The van der Waals surface area contributed by atoms with Crippen LogP contribution in [-0.2, 0) is 30.5 Å². The number of hydrogen-bond acceptors (Lipinski definition) is 5. The Morgan fingerprint density at radius 1 is 1.19 bits per heavy atom. The Kier molecular flexibility index (Phi) is 6.87. The van der Waals surface area contributed by atoms with Crippen LogP contribution >= 0.6 is 11.6 Å². The van der Waals surface area contributed by atoms with Gasteiger partial charge in [-0.05, 0) is 50.8 Å². The molecule has 31 heavy (non-hydrogen) atoms. The summed E-state index contributed by atoms with van der Waals surface area (Å²) in [7, 11) is -4.20. The first kappa shape index (κ1) is 23.8. The van der Waals surface area contributed by atoms with Crippen LogP contribution in [0.5, 0.6) is 0 Å². The van der Waals surface area contributed by atoms with Crippen molar-refractivity contribution in [2.75, 3.05) is 13.1 Å². The van der Waals surface area contributed by atoms with Gasteiger partial charge >= 0.3 is 12.1 Å². The van der Waals surface area contributed by atoms with E-state index in [0.717, 1.165) is 29.3 Å². The quantitative estimate of drug-likeness (QED) is 0.629. The Morgan fingerprint density at radius 3 is 2.35 bits per heavy atom. The van der Waals surface area contributed by atoms with E-state index >= 15 is 0 Å². The van der Waals surface area contributed by atoms with Crippen molar-refractivity contribution < 1.29 is 35.9 Å². The molecule has 1 aliphatic heterocycles. The van der Waals surface area contributed by atoms with Crippen molar-refractivity contribution >= 4 is 33.5 Å². The fraction of sp³-hybridized carbons (Fsp3) is 0.579. The predicted molar refractivity (Wildman–Crippen MR) is 105 cm³/mol. The first-order valence-corrected chi connectivity index (χ1v) is 11.6. The van der Waals surface area contributed by atoms with E-state index in [1.807, 2.05) is 0 Å². The van der Waals surface area contributed by atoms with Crippen LogP contribution in [0, 0.1) is 5.92 Å². The van der Waals surface area contributed by atoms with E-state index in [1.165, 1.54) is 6.92 Å². The van der Waals surface area contributed by atoms with Crippen molar-refractivity contribution in [1.29, 1.82) is 0 Å². The minimum atomic E-state index is -4.79. The van der Waals surface area contributed by atoms with Crippen molar-refractivity contribution in [1.82, 2.24) is 9.62 Å². The van der Waals surface area contributed by atoms with Crippen LogP contribution in [0.3, 0.4) is 0 Å². The molecular formula is C19H22ClF3N2O5S. The Morgan fingerprint density at radius 2 is 1.81 bits per heavy atom. The summed E-state index contributed by atoms with van der Waals surface area (Å²) < 4.78 is 71.0. The SMILES string of the molecule is CC(OC(=O)C1CCN(S(=O)(=O)c2ccc(Cl)c(C(F)(F)F)c2)CC1)C(=O)NC1CC1. The topological polar surface area (TPSA) is 92.8 Å². The standard InChI is InChI=1S/C19H22ClF3N2O5S/c1-11(17(26)24-13-2-3-13)30-18(27)12-6-8-25(9-7-12)31(28,29)14-4-5-16(20)15(10-14)19(21,22)23/h4-5,10-13H,2-3,6-9H2,1H3,(H,24,26). The van der Waals surface area contributed by atoms with Crippen LogP contribution in [0.25, 0.3) is 0 Å². The number of amides is 1. The monoisotopic (exact) mass is 482 g/mol. The number of carbonyl (C=O) groups is 2. The average molecular weight is 483 g/mol. The summed E-state index contributed by atoms with van der Waals surface area (Å²) in [6.07, 6.45) is -3.68. The van der Waals surface area contributed by atoms with Gasteiger partial charge in [0.1, 0.15) is 0 Å². The van der Waals surface area contributed by atoms with Crippen molar-refractivity contribution in [2.24, 2.45) is 5.92 Å². The Balaban J connectivity index is 1.60. The van der Waals surface area contributed by atoms with E-state index in [0.29, 0.717) is 6.07 Å². The second-order valence-corrected chi connectivity index (χ2v) is 10.0. The summed E-state index contributed by atoms with van der Waals surface area (Å²) in [4.78, 5) is 23.7. The van der Waals surface area contributed by atoms with Crippen LogP contribution in [0.4, 0.5) is 13.2 Å². The van der Waals surface area contributed by atoms with E-state index in [2.05, 4.69) is 5.32 Å². The highest BCUT2D eigenvalue weighted by atomic mass is 35.5. The first-order chi connectivity index (χ1) is 14.4. The first-order valence-electron chi connectivity index (χ1n) is 9.77. The van der Waals surface area contributed by atoms with Crippen molar-refractivity contribution in [2.45, 2.75) is 55.8 Å². The zero-order valence-electron chi connectivity index (χ0n) is 16.6. The number of hydrogen-bond donors (Lipinski definition) is 1. The molecule has 2 fully saturated rings. The fourth-order valence-electron chi connectivity index (χ4n) is 3.23. The van der Waals surface area contributed by atoms with E-state index in [4.69, 9.17) is 16.3 Å². The third kappa shape index (κ3) is 5.69. The van der Waals surface area contributed by atoms with E-state index in [1.54, 1.807) is 0 Å². The summed E-state index contributed by atoms with van der Waals surface area (Å²) in [6, 6.07) is 2.56. The highest BCUT2D eigenvalue weighted by molar-refractivity contribution is 7.89. The van der Waals surface area contributed by atoms with E-state index in [9.17, 15) is 31.2 Å². The van der Waals surface area contributed by atoms with Crippen LogP contribution < -0.4 is 5.32 Å². The third-order valence-corrected chi connectivity index (χ3v) is 7.48. The number of rotatable bonds is 6. The molecule has 1 aromatic rings. The Labute approximate surface area is 182 Å². The van der Waals surface area contributed by atoms with Gasteiger partial charge in [0.2, 0.25) is 10.0 Å². The number of alkyl halides is 3. The zero-order chi connectivity index (χ0) is 23.0. The van der Waals surface area contributed by atoms with Gasteiger partial charge in [0.15, 0.2) is 6.10 Å². The molecule has 1 aliphatic carbocycles. The van der Waals surface area contributed by atoms with E-state index in [-0.39, 0.29) is 37.9 Å². The number of nitrogens with zero attached hydrogens (tertiary/aromatic N) is 1. The maximum Gasteiger partial charge on any atom is 0.417 e. The molecule has 1 amide bonds. The summed E-state index contributed by atoms with van der Waals surface area (Å²) in [5, 5.41) is 2.14. The molecule has 1 heterocycles. The van der Waals surface area contributed by atoms with Crippen molar-refractivity contribution in [3.05, 3.63) is 28.8 Å². The number of halogens is 4. The fourth-order valence-corrected chi connectivity index (χ4v) is 4.95. The molecule has 0 aromatic heterocycles. The maximum absolute atomic E-state index is 13.1. The lowest BCUT2D eigenvalue weighted by Crippen LogP contribution is -2.42. The molecule has 2 aliphatic rings. The van der Waals surface area contributed by atoms with Gasteiger partial charge in [0, 0.05) is 19.1 Å². The van der Waals surface area contributed by atoms with E-state index < -0.39 is 49.7 Å². The van der Waals surface area contributed by atoms with Gasteiger partial charge in [0.25, 0.3) is 5.91 Å². The lowest BCUT2D eigenvalue weighted by atomic mass is 9.98. The van der Waals surface area contributed by atoms with Gasteiger partial charge < -0.3 is 10.1 Å². The summed E-state index contributed by atoms with van der Waals surface area (Å²) >= 11 is 5.56. The van der Waals surface area contributed by atoms with Gasteiger partial charge in [0.05, 0.1) is 21.4 Å². The van der Waals surface area contributed by atoms with Crippen LogP contribution in [0.2, 0.25) is 5.02 Å². The number of ether oxygens (including phenoxy) is 1. The Bertz CT molecular complexity index is 958. The molecule has 1 unspecified atom stereocenters. The second kappa shape index (κ2) is 8.95. The molecular weight excluding hydrogens is 461 g/mol. The molecule has 0 radical (unpaired) electrons.